The summed E-state index contributed by atoms with van der Waals surface area (Å²) in [5.74, 6) is -0.285. The van der Waals surface area contributed by atoms with Crippen molar-refractivity contribution in [3.8, 4) is 5.75 Å². The predicted octanol–water partition coefficient (Wildman–Crippen LogP) is 4.79. The van der Waals surface area contributed by atoms with Gasteiger partial charge >= 0.3 is 11.5 Å². The van der Waals surface area contributed by atoms with Crippen LogP contribution < -0.4 is 15.0 Å². The zero-order valence-corrected chi connectivity index (χ0v) is 14.7. The van der Waals surface area contributed by atoms with Crippen molar-refractivity contribution in [1.29, 1.82) is 0 Å². The Kier molecular flexibility index (Phi) is 6.36. The number of hydrogen-bond donors (Lipinski definition) is 1. The molecular formula is C17H16F4N2O2S. The number of halogens is 4. The Bertz CT molecular complexity index is 784. The molecule has 9 heteroatoms. The molecule has 2 amide bonds. The number of benzene rings is 2. The van der Waals surface area contributed by atoms with Gasteiger partial charge < -0.3 is 10.1 Å². The molecule has 1 N–H and O–H groups in total. The maximum absolute atomic E-state index is 14.1. The molecule has 2 aromatic rings. The molecule has 0 spiro atoms. The summed E-state index contributed by atoms with van der Waals surface area (Å²) < 4.78 is 56.2. The number of hydrogen-bond acceptors (Lipinski definition) is 3. The molecule has 26 heavy (non-hydrogen) atoms. The molecule has 0 saturated carbocycles. The first-order valence-electron chi connectivity index (χ1n) is 7.39. The highest BCUT2D eigenvalue weighted by Crippen LogP contribution is 2.38. The lowest BCUT2D eigenvalue weighted by molar-refractivity contribution is -0.0328. The summed E-state index contributed by atoms with van der Waals surface area (Å²) in [6, 6.07) is 9.45. The molecule has 0 aliphatic carbocycles. The van der Waals surface area contributed by atoms with E-state index < -0.39 is 29.1 Å². The van der Waals surface area contributed by atoms with Crippen LogP contribution in [-0.2, 0) is 6.54 Å². The molecule has 0 bridgehead atoms. The number of ether oxygens (including phenoxy) is 1. The van der Waals surface area contributed by atoms with Crippen molar-refractivity contribution >= 4 is 23.5 Å². The van der Waals surface area contributed by atoms with Crippen molar-refractivity contribution < 1.29 is 27.1 Å². The fourth-order valence-corrected chi connectivity index (χ4v) is 2.71. The van der Waals surface area contributed by atoms with E-state index in [0.717, 1.165) is 28.7 Å². The van der Waals surface area contributed by atoms with E-state index >= 15 is 0 Å². The van der Waals surface area contributed by atoms with Gasteiger partial charge in [-0.2, -0.15) is 13.2 Å². The number of alkyl halides is 3. The first-order valence-corrected chi connectivity index (χ1v) is 8.21. The van der Waals surface area contributed by atoms with Crippen LogP contribution in [0.5, 0.6) is 5.75 Å². The van der Waals surface area contributed by atoms with Crippen LogP contribution in [0.3, 0.4) is 0 Å². The number of carbonyl (C=O) groups is 1. The second kappa shape index (κ2) is 8.31. The topological polar surface area (TPSA) is 41.6 Å². The monoisotopic (exact) mass is 388 g/mol. The largest absolute Gasteiger partial charge is 0.497 e. The number of thioether (sulfide) groups is 1. The lowest BCUT2D eigenvalue weighted by atomic mass is 10.2. The van der Waals surface area contributed by atoms with Crippen molar-refractivity contribution in [2.24, 2.45) is 0 Å². The van der Waals surface area contributed by atoms with Gasteiger partial charge in [0.1, 0.15) is 11.6 Å². The summed E-state index contributed by atoms with van der Waals surface area (Å²) in [5, 5.41) is 2.61. The van der Waals surface area contributed by atoms with Crippen LogP contribution in [0.4, 0.5) is 28.0 Å². The number of methoxy groups -OCH3 is 1. The number of carbonyl (C=O) groups excluding carboxylic acids is 1. The summed E-state index contributed by atoms with van der Waals surface area (Å²) >= 11 is -0.416. The van der Waals surface area contributed by atoms with E-state index in [4.69, 9.17) is 4.74 Å². The van der Waals surface area contributed by atoms with E-state index in [9.17, 15) is 22.4 Å². The van der Waals surface area contributed by atoms with Gasteiger partial charge in [0.25, 0.3) is 0 Å². The van der Waals surface area contributed by atoms with E-state index in [1.54, 1.807) is 24.3 Å². The van der Waals surface area contributed by atoms with Crippen LogP contribution in [0, 0.1) is 5.82 Å². The molecular weight excluding hydrogens is 372 g/mol. The van der Waals surface area contributed by atoms with Crippen molar-refractivity contribution in [2.45, 2.75) is 16.9 Å². The van der Waals surface area contributed by atoms with E-state index in [2.05, 4.69) is 5.32 Å². The van der Waals surface area contributed by atoms with E-state index in [1.807, 2.05) is 0 Å². The van der Waals surface area contributed by atoms with Gasteiger partial charge in [-0.15, -0.1) is 0 Å². The molecule has 2 aromatic carbocycles. The quantitative estimate of drug-likeness (QED) is 0.591. The highest BCUT2D eigenvalue weighted by Gasteiger charge is 2.29. The fraction of sp³-hybridized carbons (Fsp3) is 0.235. The average molecular weight is 388 g/mol. The van der Waals surface area contributed by atoms with Gasteiger partial charge in [-0.05, 0) is 47.7 Å². The first-order chi connectivity index (χ1) is 12.2. The second-order valence-corrected chi connectivity index (χ2v) is 6.37. The summed E-state index contributed by atoms with van der Waals surface area (Å²) in [7, 11) is 2.85. The number of rotatable bonds is 5. The van der Waals surface area contributed by atoms with Crippen LogP contribution in [-0.4, -0.2) is 25.7 Å². The Balaban J connectivity index is 2.03. The van der Waals surface area contributed by atoms with Gasteiger partial charge in [0.2, 0.25) is 0 Å². The molecule has 0 aliphatic rings. The lowest BCUT2D eigenvalue weighted by Crippen LogP contribution is -2.37. The maximum atomic E-state index is 14.1. The lowest BCUT2D eigenvalue weighted by Gasteiger charge is -2.19. The SMILES string of the molecule is COc1cccc(CNC(=O)N(C)c2ccc(SC(F)(F)F)cc2F)c1. The van der Waals surface area contributed by atoms with Gasteiger partial charge in [0.05, 0.1) is 12.8 Å². The zero-order valence-electron chi connectivity index (χ0n) is 13.9. The van der Waals surface area contributed by atoms with E-state index in [1.165, 1.54) is 14.2 Å². The normalized spacial score (nSPS) is 11.2. The van der Waals surface area contributed by atoms with Crippen molar-refractivity contribution in [2.75, 3.05) is 19.1 Å². The molecule has 2 rings (SSSR count). The smallest absolute Gasteiger partial charge is 0.446 e. The highest BCUT2D eigenvalue weighted by atomic mass is 32.2. The van der Waals surface area contributed by atoms with Crippen molar-refractivity contribution in [1.82, 2.24) is 5.32 Å². The minimum atomic E-state index is -4.51. The fourth-order valence-electron chi connectivity index (χ4n) is 2.14. The molecule has 4 nitrogen and oxygen atoms in total. The molecule has 0 saturated heterocycles. The molecule has 0 unspecified atom stereocenters. The van der Waals surface area contributed by atoms with Crippen molar-refractivity contribution in [3.05, 3.63) is 53.8 Å². The number of anilines is 1. The van der Waals surface area contributed by atoms with Crippen LogP contribution in [0.25, 0.3) is 0 Å². The third-order valence-electron chi connectivity index (χ3n) is 3.40. The number of urea groups is 1. The Morgan fingerprint density at radius 3 is 2.58 bits per heavy atom. The second-order valence-electron chi connectivity index (χ2n) is 5.23. The third-order valence-corrected chi connectivity index (χ3v) is 4.12. The predicted molar refractivity (Wildman–Crippen MR) is 91.9 cm³/mol. The van der Waals surface area contributed by atoms with Gasteiger partial charge in [0, 0.05) is 18.5 Å². The minimum Gasteiger partial charge on any atom is -0.497 e. The first kappa shape index (κ1) is 19.9. The average Bonchev–Trinajstić information content (AvgIpc) is 2.58. The summed E-state index contributed by atoms with van der Waals surface area (Å²) in [4.78, 5) is 12.9. The summed E-state index contributed by atoms with van der Waals surface area (Å²) in [6.07, 6.45) is 0. The van der Waals surface area contributed by atoms with E-state index in [0.29, 0.717) is 5.75 Å². The summed E-state index contributed by atoms with van der Waals surface area (Å²) in [6.45, 7) is 0.185. The molecule has 0 aliphatic heterocycles. The maximum Gasteiger partial charge on any atom is 0.446 e. The molecule has 0 heterocycles. The standard InChI is InChI=1S/C17H16F4N2O2S/c1-23(15-7-6-13(9-14(15)18)26-17(19,20)21)16(24)22-10-11-4-3-5-12(8-11)25-2/h3-9H,10H2,1-2H3,(H,22,24). The van der Waals surface area contributed by atoms with Crippen LogP contribution in [0.1, 0.15) is 5.56 Å². The molecule has 0 fully saturated rings. The van der Waals surface area contributed by atoms with Gasteiger partial charge in [0.15, 0.2) is 0 Å². The number of amides is 2. The Morgan fingerprint density at radius 2 is 1.96 bits per heavy atom. The number of nitrogens with one attached hydrogen (secondary N) is 1. The number of nitrogens with zero attached hydrogens (tertiary/aromatic N) is 1. The van der Waals surface area contributed by atoms with Crippen LogP contribution >= 0.6 is 11.8 Å². The summed E-state index contributed by atoms with van der Waals surface area (Å²) in [5.41, 5.74) is -3.85. The molecule has 0 atom stereocenters. The third kappa shape index (κ3) is 5.55. The Morgan fingerprint density at radius 1 is 1.23 bits per heavy atom. The highest BCUT2D eigenvalue weighted by molar-refractivity contribution is 8.00. The Hall–Kier alpha value is -2.42. The zero-order chi connectivity index (χ0) is 19.3. The van der Waals surface area contributed by atoms with Gasteiger partial charge in [-0.1, -0.05) is 12.1 Å². The van der Waals surface area contributed by atoms with Gasteiger partial charge in [-0.25, -0.2) is 9.18 Å². The minimum absolute atomic E-state index is 0.125. The van der Waals surface area contributed by atoms with Crippen LogP contribution in [0.2, 0.25) is 0 Å². The van der Waals surface area contributed by atoms with Crippen molar-refractivity contribution in [3.63, 3.8) is 0 Å². The molecule has 140 valence electrons. The van der Waals surface area contributed by atoms with E-state index in [-0.39, 0.29) is 17.1 Å². The Labute approximate surface area is 152 Å². The van der Waals surface area contributed by atoms with Gasteiger partial charge in [-0.3, -0.25) is 4.90 Å². The van der Waals surface area contributed by atoms with Crippen LogP contribution in [0.15, 0.2) is 47.4 Å². The molecule has 0 aromatic heterocycles. The molecule has 0 radical (unpaired) electrons.